The first-order valence-electron chi connectivity index (χ1n) is 7.13. The number of carbonyl (C=O) groups excluding carboxylic acids is 2. The van der Waals surface area contributed by atoms with E-state index in [1.165, 1.54) is 17.0 Å². The molecule has 0 spiro atoms. The highest BCUT2D eigenvalue weighted by molar-refractivity contribution is 9.10. The molecule has 1 atom stereocenters. The van der Waals surface area contributed by atoms with Crippen LogP contribution >= 0.6 is 15.9 Å². The summed E-state index contributed by atoms with van der Waals surface area (Å²) < 4.78 is 14.3. The molecule has 3 rings (SSSR count). The molecule has 0 bridgehead atoms. The van der Waals surface area contributed by atoms with Gasteiger partial charge in [0.25, 0.3) is 5.91 Å². The maximum atomic E-state index is 13.9. The molecular weight excluding hydrogens is 339 g/mol. The second kappa shape index (κ2) is 5.75. The third kappa shape index (κ3) is 2.95. The Kier molecular flexibility index (Phi) is 3.97. The van der Waals surface area contributed by atoms with Gasteiger partial charge in [-0.25, -0.2) is 4.39 Å². The van der Waals surface area contributed by atoms with Crippen LogP contribution in [0, 0.1) is 5.82 Å². The molecule has 0 aromatic heterocycles. The maximum absolute atomic E-state index is 13.9. The molecule has 112 valence electrons. The van der Waals surface area contributed by atoms with E-state index in [4.69, 9.17) is 0 Å². The number of hydrogen-bond acceptors (Lipinski definition) is 2. The highest BCUT2D eigenvalue weighted by atomic mass is 79.9. The van der Waals surface area contributed by atoms with Crippen molar-refractivity contribution in [3.05, 3.63) is 34.1 Å². The van der Waals surface area contributed by atoms with Gasteiger partial charge >= 0.3 is 0 Å². The molecule has 1 heterocycles. The highest BCUT2D eigenvalue weighted by Gasteiger charge is 2.37. The average Bonchev–Trinajstić information content (AvgIpc) is 3.11. The molecule has 0 radical (unpaired) electrons. The van der Waals surface area contributed by atoms with Crippen LogP contribution in [0.5, 0.6) is 0 Å². The topological polar surface area (TPSA) is 49.4 Å². The molecule has 1 unspecified atom stereocenters. The molecule has 1 aromatic rings. The fourth-order valence-corrected chi connectivity index (χ4v) is 3.16. The molecule has 1 N–H and O–H groups in total. The number of benzene rings is 1. The summed E-state index contributed by atoms with van der Waals surface area (Å²) in [4.78, 5) is 26.3. The van der Waals surface area contributed by atoms with E-state index in [2.05, 4.69) is 21.2 Å². The molecule has 2 aliphatic rings. The first kappa shape index (κ1) is 14.5. The smallest absolute Gasteiger partial charge is 0.258 e. The van der Waals surface area contributed by atoms with E-state index < -0.39 is 17.8 Å². The van der Waals surface area contributed by atoms with E-state index in [1.54, 1.807) is 6.07 Å². The van der Waals surface area contributed by atoms with Gasteiger partial charge in [0.05, 0.1) is 5.56 Å². The zero-order chi connectivity index (χ0) is 15.0. The van der Waals surface area contributed by atoms with Gasteiger partial charge in [0, 0.05) is 17.1 Å². The second-order valence-electron chi connectivity index (χ2n) is 5.54. The van der Waals surface area contributed by atoms with Crippen molar-refractivity contribution in [3.63, 3.8) is 0 Å². The van der Waals surface area contributed by atoms with Crippen LogP contribution in [0.1, 0.15) is 36.0 Å². The van der Waals surface area contributed by atoms with Crippen molar-refractivity contribution in [1.29, 1.82) is 0 Å². The van der Waals surface area contributed by atoms with Crippen molar-refractivity contribution in [2.75, 3.05) is 6.54 Å². The predicted molar refractivity (Wildman–Crippen MR) is 79.3 cm³/mol. The van der Waals surface area contributed by atoms with Crippen molar-refractivity contribution in [1.82, 2.24) is 10.2 Å². The van der Waals surface area contributed by atoms with E-state index in [0.29, 0.717) is 17.4 Å². The van der Waals surface area contributed by atoms with Crippen molar-refractivity contribution in [2.45, 2.75) is 37.8 Å². The van der Waals surface area contributed by atoms with Gasteiger partial charge < -0.3 is 10.2 Å². The van der Waals surface area contributed by atoms with Crippen LogP contribution in [0.3, 0.4) is 0 Å². The molecule has 1 aliphatic heterocycles. The SMILES string of the molecule is O=C(NC1CC1)C1CCCN1C(=O)c1c(F)cccc1Br. The van der Waals surface area contributed by atoms with Crippen LogP contribution in [0.25, 0.3) is 0 Å². The van der Waals surface area contributed by atoms with Crippen molar-refractivity contribution in [2.24, 2.45) is 0 Å². The Bertz CT molecular complexity index is 569. The summed E-state index contributed by atoms with van der Waals surface area (Å²) in [7, 11) is 0. The maximum Gasteiger partial charge on any atom is 0.258 e. The van der Waals surface area contributed by atoms with Crippen LogP contribution in [0.2, 0.25) is 0 Å². The summed E-state index contributed by atoms with van der Waals surface area (Å²) in [6.07, 6.45) is 3.41. The van der Waals surface area contributed by atoms with Gasteiger partial charge in [-0.2, -0.15) is 0 Å². The molecule has 1 aromatic carbocycles. The minimum atomic E-state index is -0.567. The Labute approximate surface area is 130 Å². The normalized spacial score (nSPS) is 21.4. The van der Waals surface area contributed by atoms with Gasteiger partial charge in [0.2, 0.25) is 5.91 Å². The number of carbonyl (C=O) groups is 2. The van der Waals surface area contributed by atoms with Gasteiger partial charge in [-0.1, -0.05) is 6.07 Å². The minimum Gasteiger partial charge on any atom is -0.352 e. The number of hydrogen-bond donors (Lipinski definition) is 1. The minimum absolute atomic E-state index is 0.00335. The summed E-state index contributed by atoms with van der Waals surface area (Å²) in [5.41, 5.74) is 0.00335. The molecule has 21 heavy (non-hydrogen) atoms. The molecule has 1 aliphatic carbocycles. The van der Waals surface area contributed by atoms with Gasteiger partial charge in [0.1, 0.15) is 11.9 Å². The zero-order valence-corrected chi connectivity index (χ0v) is 13.0. The Balaban J connectivity index is 1.80. The van der Waals surface area contributed by atoms with Gasteiger partial charge in [0.15, 0.2) is 0 Å². The molecular formula is C15H16BrFN2O2. The first-order chi connectivity index (χ1) is 10.1. The Morgan fingerprint density at radius 1 is 1.29 bits per heavy atom. The quantitative estimate of drug-likeness (QED) is 0.906. The highest BCUT2D eigenvalue weighted by Crippen LogP contribution is 2.27. The van der Waals surface area contributed by atoms with Crippen LogP contribution in [-0.4, -0.2) is 35.3 Å². The lowest BCUT2D eigenvalue weighted by Gasteiger charge is -2.24. The van der Waals surface area contributed by atoms with Crippen LogP contribution < -0.4 is 5.32 Å². The summed E-state index contributed by atoms with van der Waals surface area (Å²) >= 11 is 3.21. The molecule has 6 heteroatoms. The number of rotatable bonds is 3. The zero-order valence-electron chi connectivity index (χ0n) is 11.4. The number of amides is 2. The largest absolute Gasteiger partial charge is 0.352 e. The molecule has 1 saturated carbocycles. The third-order valence-corrected chi connectivity index (χ3v) is 4.58. The molecule has 1 saturated heterocycles. The monoisotopic (exact) mass is 354 g/mol. The Hall–Kier alpha value is -1.43. The van der Waals surface area contributed by atoms with Gasteiger partial charge in [-0.3, -0.25) is 9.59 Å². The lowest BCUT2D eigenvalue weighted by molar-refractivity contribution is -0.125. The molecule has 2 amide bonds. The van der Waals surface area contributed by atoms with E-state index >= 15 is 0 Å². The fourth-order valence-electron chi connectivity index (χ4n) is 2.65. The van der Waals surface area contributed by atoms with E-state index in [0.717, 1.165) is 19.3 Å². The Morgan fingerprint density at radius 3 is 2.71 bits per heavy atom. The lowest BCUT2D eigenvalue weighted by Crippen LogP contribution is -2.46. The van der Waals surface area contributed by atoms with E-state index in [-0.39, 0.29) is 17.5 Å². The van der Waals surface area contributed by atoms with Crippen molar-refractivity contribution >= 4 is 27.7 Å². The number of nitrogens with one attached hydrogen (secondary N) is 1. The summed E-state index contributed by atoms with van der Waals surface area (Å²) in [5, 5.41) is 2.92. The summed E-state index contributed by atoms with van der Waals surface area (Å²) in [6, 6.07) is 4.20. The van der Waals surface area contributed by atoms with Crippen LogP contribution in [0.4, 0.5) is 4.39 Å². The average molecular weight is 355 g/mol. The molecule has 4 nitrogen and oxygen atoms in total. The third-order valence-electron chi connectivity index (χ3n) is 3.92. The van der Waals surface area contributed by atoms with E-state index in [9.17, 15) is 14.0 Å². The standard InChI is InChI=1S/C15H16BrFN2O2/c16-10-3-1-4-11(17)13(10)15(21)19-8-2-5-12(19)14(20)18-9-6-7-9/h1,3-4,9,12H,2,5-8H2,(H,18,20). The molecule has 2 fully saturated rings. The van der Waals surface area contributed by atoms with Crippen LogP contribution in [-0.2, 0) is 4.79 Å². The van der Waals surface area contributed by atoms with Crippen molar-refractivity contribution in [3.8, 4) is 0 Å². The first-order valence-corrected chi connectivity index (χ1v) is 7.92. The number of halogens is 2. The fraction of sp³-hybridized carbons (Fsp3) is 0.467. The number of nitrogens with zero attached hydrogens (tertiary/aromatic N) is 1. The number of likely N-dealkylation sites (tertiary alicyclic amines) is 1. The van der Waals surface area contributed by atoms with E-state index in [1.807, 2.05) is 0 Å². The van der Waals surface area contributed by atoms with Gasteiger partial charge in [-0.15, -0.1) is 0 Å². The second-order valence-corrected chi connectivity index (χ2v) is 6.39. The summed E-state index contributed by atoms with van der Waals surface area (Å²) in [5.74, 6) is -1.10. The van der Waals surface area contributed by atoms with Gasteiger partial charge in [-0.05, 0) is 53.7 Å². The predicted octanol–water partition coefficient (Wildman–Crippen LogP) is 2.47. The van der Waals surface area contributed by atoms with Crippen LogP contribution in [0.15, 0.2) is 22.7 Å². The van der Waals surface area contributed by atoms with Crippen molar-refractivity contribution < 1.29 is 14.0 Å². The summed E-state index contributed by atoms with van der Waals surface area (Å²) in [6.45, 7) is 0.488. The Morgan fingerprint density at radius 2 is 2.05 bits per heavy atom. The lowest BCUT2D eigenvalue weighted by atomic mass is 10.1.